The number of alkyl halides is 2. The van der Waals surface area contributed by atoms with Gasteiger partial charge in [-0.3, -0.25) is 14.5 Å². The molecule has 2 heterocycles. The van der Waals surface area contributed by atoms with Gasteiger partial charge in [0.15, 0.2) is 4.84 Å². The number of hydrogen-bond acceptors (Lipinski definition) is 6. The van der Waals surface area contributed by atoms with E-state index in [1.54, 1.807) is 0 Å². The van der Waals surface area contributed by atoms with Gasteiger partial charge in [-0.1, -0.05) is 23.2 Å². The number of anilines is 2. The van der Waals surface area contributed by atoms with Crippen molar-refractivity contribution in [3.8, 4) is 0 Å². The van der Waals surface area contributed by atoms with Crippen molar-refractivity contribution in [2.75, 3.05) is 42.7 Å². The summed E-state index contributed by atoms with van der Waals surface area (Å²) in [6, 6.07) is 7.57. The molecule has 25 heavy (non-hydrogen) atoms. The maximum Gasteiger partial charge on any atom is 0.414 e. The second kappa shape index (κ2) is 8.09. The molecule has 136 valence electrons. The Morgan fingerprint density at radius 3 is 2.68 bits per heavy atom. The van der Waals surface area contributed by atoms with E-state index in [2.05, 4.69) is 15.7 Å². The summed E-state index contributed by atoms with van der Waals surface area (Å²) in [6.07, 6.45) is -0.907. The van der Waals surface area contributed by atoms with Gasteiger partial charge in [0.1, 0.15) is 12.8 Å². The van der Waals surface area contributed by atoms with Crippen molar-refractivity contribution >= 4 is 46.6 Å². The first-order valence-electron chi connectivity index (χ1n) is 7.78. The van der Waals surface area contributed by atoms with Crippen LogP contribution in [0, 0.1) is 0 Å². The van der Waals surface area contributed by atoms with Crippen LogP contribution in [0.4, 0.5) is 16.2 Å². The SMILES string of the molecule is O=C(NC[C@H]1CN(c2ccc(N3CCNOC3)cc2)C(=O)O1)C(Cl)Cl. The fraction of sp³-hybridized carbons (Fsp3) is 0.467. The van der Waals surface area contributed by atoms with Crippen LogP contribution in [0.1, 0.15) is 0 Å². The Morgan fingerprint density at radius 1 is 1.32 bits per heavy atom. The Labute approximate surface area is 154 Å². The number of nitrogens with zero attached hydrogens (tertiary/aromatic N) is 2. The molecule has 0 unspecified atom stereocenters. The summed E-state index contributed by atoms with van der Waals surface area (Å²) in [5.41, 5.74) is 4.56. The van der Waals surface area contributed by atoms with Gasteiger partial charge < -0.3 is 15.0 Å². The number of rotatable bonds is 5. The van der Waals surface area contributed by atoms with Gasteiger partial charge in [-0.15, -0.1) is 0 Å². The molecule has 0 radical (unpaired) electrons. The number of cyclic esters (lactones) is 1. The average Bonchev–Trinajstić information content (AvgIpc) is 3.01. The van der Waals surface area contributed by atoms with Crippen molar-refractivity contribution in [3.05, 3.63) is 24.3 Å². The van der Waals surface area contributed by atoms with E-state index in [4.69, 9.17) is 32.8 Å². The monoisotopic (exact) mass is 388 g/mol. The lowest BCUT2D eigenvalue weighted by Gasteiger charge is -2.29. The second-order valence-corrected chi connectivity index (χ2v) is 6.71. The number of hydrogen-bond donors (Lipinski definition) is 2. The summed E-state index contributed by atoms with van der Waals surface area (Å²) in [5.74, 6) is -0.513. The maximum absolute atomic E-state index is 12.1. The molecule has 1 aromatic rings. The summed E-state index contributed by atoms with van der Waals surface area (Å²) >= 11 is 10.9. The van der Waals surface area contributed by atoms with Crippen LogP contribution >= 0.6 is 23.2 Å². The number of carbonyl (C=O) groups is 2. The largest absolute Gasteiger partial charge is 0.442 e. The molecule has 0 saturated carbocycles. The summed E-state index contributed by atoms with van der Waals surface area (Å²) in [4.78, 5) is 31.1. The van der Waals surface area contributed by atoms with E-state index in [1.165, 1.54) is 4.90 Å². The summed E-state index contributed by atoms with van der Waals surface area (Å²) in [6.45, 7) is 2.56. The van der Waals surface area contributed by atoms with Gasteiger partial charge in [0, 0.05) is 24.5 Å². The molecule has 2 aliphatic rings. The zero-order chi connectivity index (χ0) is 17.8. The van der Waals surface area contributed by atoms with Crippen LogP contribution in [0.2, 0.25) is 0 Å². The molecule has 10 heteroatoms. The minimum absolute atomic E-state index is 0.160. The topological polar surface area (TPSA) is 83.1 Å². The highest BCUT2D eigenvalue weighted by molar-refractivity contribution is 6.53. The molecule has 2 amide bonds. The normalized spacial score (nSPS) is 20.8. The van der Waals surface area contributed by atoms with Gasteiger partial charge in [0.05, 0.1) is 13.1 Å². The zero-order valence-corrected chi connectivity index (χ0v) is 14.8. The highest BCUT2D eigenvalue weighted by atomic mass is 35.5. The van der Waals surface area contributed by atoms with Gasteiger partial charge >= 0.3 is 6.09 Å². The van der Waals surface area contributed by atoms with E-state index in [0.717, 1.165) is 24.5 Å². The van der Waals surface area contributed by atoms with E-state index in [-0.39, 0.29) is 6.54 Å². The Morgan fingerprint density at radius 2 is 2.04 bits per heavy atom. The van der Waals surface area contributed by atoms with Crippen molar-refractivity contribution < 1.29 is 19.2 Å². The smallest absolute Gasteiger partial charge is 0.414 e. The first-order chi connectivity index (χ1) is 12.0. The lowest BCUT2D eigenvalue weighted by molar-refractivity contribution is -0.119. The Hall–Kier alpha value is -1.74. The van der Waals surface area contributed by atoms with Gasteiger partial charge in [-0.25, -0.2) is 4.79 Å². The van der Waals surface area contributed by atoms with E-state index in [0.29, 0.717) is 13.3 Å². The van der Waals surface area contributed by atoms with Crippen LogP contribution < -0.4 is 20.6 Å². The molecule has 0 bridgehead atoms. The predicted molar refractivity (Wildman–Crippen MR) is 93.9 cm³/mol. The Balaban J connectivity index is 1.58. The molecule has 2 aliphatic heterocycles. The van der Waals surface area contributed by atoms with E-state index < -0.39 is 22.9 Å². The van der Waals surface area contributed by atoms with Crippen molar-refractivity contribution in [1.29, 1.82) is 0 Å². The molecule has 2 saturated heterocycles. The second-order valence-electron chi connectivity index (χ2n) is 5.61. The molecular formula is C15H18Cl2N4O4. The molecule has 2 N–H and O–H groups in total. The van der Waals surface area contributed by atoms with E-state index >= 15 is 0 Å². The first kappa shape index (κ1) is 18.1. The van der Waals surface area contributed by atoms with Crippen molar-refractivity contribution in [2.45, 2.75) is 10.9 Å². The third-order valence-corrected chi connectivity index (χ3v) is 4.31. The minimum Gasteiger partial charge on any atom is -0.442 e. The fourth-order valence-electron chi connectivity index (χ4n) is 2.62. The number of hydroxylamine groups is 1. The number of nitrogens with one attached hydrogen (secondary N) is 2. The number of amides is 2. The third kappa shape index (κ3) is 4.46. The van der Waals surface area contributed by atoms with Crippen molar-refractivity contribution in [2.24, 2.45) is 0 Å². The molecule has 2 fully saturated rings. The number of ether oxygens (including phenoxy) is 1. The van der Waals surface area contributed by atoms with Crippen LogP contribution in [-0.4, -0.2) is 55.9 Å². The summed E-state index contributed by atoms with van der Waals surface area (Å²) in [5, 5.41) is 2.54. The number of carbonyl (C=O) groups excluding carboxylic acids is 2. The third-order valence-electron chi connectivity index (χ3n) is 3.91. The molecule has 8 nitrogen and oxygen atoms in total. The van der Waals surface area contributed by atoms with Crippen LogP contribution in [0.15, 0.2) is 24.3 Å². The Kier molecular flexibility index (Phi) is 5.85. The van der Waals surface area contributed by atoms with Crippen LogP contribution in [-0.2, 0) is 14.4 Å². The molecule has 1 atom stereocenters. The lowest BCUT2D eigenvalue weighted by Crippen LogP contribution is -2.41. The zero-order valence-electron chi connectivity index (χ0n) is 13.3. The van der Waals surface area contributed by atoms with E-state index in [9.17, 15) is 9.59 Å². The predicted octanol–water partition coefficient (Wildman–Crippen LogP) is 1.23. The highest BCUT2D eigenvalue weighted by Crippen LogP contribution is 2.25. The highest BCUT2D eigenvalue weighted by Gasteiger charge is 2.32. The van der Waals surface area contributed by atoms with Gasteiger partial charge in [0.2, 0.25) is 0 Å². The molecule has 1 aromatic carbocycles. The first-order valence-corrected chi connectivity index (χ1v) is 8.65. The summed E-state index contributed by atoms with van der Waals surface area (Å²) < 4.78 is 5.25. The molecule has 0 aliphatic carbocycles. The molecule has 0 aromatic heterocycles. The van der Waals surface area contributed by atoms with Crippen molar-refractivity contribution in [3.63, 3.8) is 0 Å². The lowest BCUT2D eigenvalue weighted by atomic mass is 10.2. The fourth-order valence-corrected chi connectivity index (χ4v) is 2.77. The quantitative estimate of drug-likeness (QED) is 0.738. The molecule has 0 spiro atoms. The average molecular weight is 389 g/mol. The number of benzene rings is 1. The molecule has 3 rings (SSSR count). The minimum atomic E-state index is -1.14. The van der Waals surface area contributed by atoms with Gasteiger partial charge in [-0.2, -0.15) is 5.48 Å². The standard InChI is InChI=1S/C15H18Cl2N4O4/c16-13(17)14(22)18-7-12-8-21(15(23)25-12)11-3-1-10(2-4-11)20-6-5-19-24-9-20/h1-4,12-13,19H,5-9H2,(H,18,22)/t12-/m0/s1. The van der Waals surface area contributed by atoms with Gasteiger partial charge in [0.25, 0.3) is 5.91 Å². The number of halogens is 2. The van der Waals surface area contributed by atoms with Crippen LogP contribution in [0.25, 0.3) is 0 Å². The van der Waals surface area contributed by atoms with Crippen LogP contribution in [0.3, 0.4) is 0 Å². The van der Waals surface area contributed by atoms with Crippen molar-refractivity contribution in [1.82, 2.24) is 10.8 Å². The van der Waals surface area contributed by atoms with Gasteiger partial charge in [-0.05, 0) is 24.3 Å². The van der Waals surface area contributed by atoms with E-state index in [1.807, 2.05) is 24.3 Å². The summed E-state index contributed by atoms with van der Waals surface area (Å²) in [7, 11) is 0. The molecular weight excluding hydrogens is 371 g/mol. The van der Waals surface area contributed by atoms with Crippen LogP contribution in [0.5, 0.6) is 0 Å². The Bertz CT molecular complexity index is 622. The maximum atomic E-state index is 12.1.